The van der Waals surface area contributed by atoms with Crippen LogP contribution in [0.3, 0.4) is 0 Å². The maximum absolute atomic E-state index is 4.48. The Kier molecular flexibility index (Phi) is 3.18. The predicted molar refractivity (Wildman–Crippen MR) is 72.6 cm³/mol. The Balaban J connectivity index is 1.75. The summed E-state index contributed by atoms with van der Waals surface area (Å²) < 4.78 is 0. The fourth-order valence-electron chi connectivity index (χ4n) is 2.59. The molecule has 1 saturated heterocycles. The Hall–Kier alpha value is -1.20. The van der Waals surface area contributed by atoms with Gasteiger partial charge in [0.25, 0.3) is 0 Å². The number of aromatic nitrogens is 3. The van der Waals surface area contributed by atoms with Gasteiger partial charge in [-0.15, -0.1) is 11.3 Å². The predicted octanol–water partition coefficient (Wildman–Crippen LogP) is 2.82. The van der Waals surface area contributed by atoms with E-state index in [1.165, 1.54) is 22.6 Å². The zero-order valence-corrected chi connectivity index (χ0v) is 11.6. The molecule has 0 spiro atoms. The molecule has 4 nitrogen and oxygen atoms in total. The average Bonchev–Trinajstić information content (AvgIpc) is 3.01. The molecule has 2 aromatic heterocycles. The van der Waals surface area contributed by atoms with Gasteiger partial charge in [-0.05, 0) is 45.4 Å². The van der Waals surface area contributed by atoms with Crippen molar-refractivity contribution in [1.29, 1.82) is 0 Å². The van der Waals surface area contributed by atoms with E-state index in [4.69, 9.17) is 0 Å². The van der Waals surface area contributed by atoms with Crippen LogP contribution in [0.2, 0.25) is 0 Å². The van der Waals surface area contributed by atoms with E-state index < -0.39 is 0 Å². The molecular weight excluding hydrogens is 244 g/mol. The summed E-state index contributed by atoms with van der Waals surface area (Å²) in [5, 5.41) is 7.27. The summed E-state index contributed by atoms with van der Waals surface area (Å²) in [6.45, 7) is 6.29. The zero-order chi connectivity index (χ0) is 12.5. The molecule has 5 heteroatoms. The molecule has 1 N–H and O–H groups in total. The Morgan fingerprint density at radius 3 is 3.00 bits per heavy atom. The van der Waals surface area contributed by atoms with Crippen molar-refractivity contribution in [2.75, 3.05) is 6.54 Å². The zero-order valence-electron chi connectivity index (χ0n) is 10.8. The Morgan fingerprint density at radius 1 is 1.44 bits per heavy atom. The fourth-order valence-corrected chi connectivity index (χ4v) is 3.50. The summed E-state index contributed by atoms with van der Waals surface area (Å²) in [5.41, 5.74) is 0. The van der Waals surface area contributed by atoms with Crippen molar-refractivity contribution in [1.82, 2.24) is 20.1 Å². The van der Waals surface area contributed by atoms with E-state index in [0.29, 0.717) is 6.04 Å². The van der Waals surface area contributed by atoms with Crippen LogP contribution in [0.25, 0.3) is 0 Å². The maximum atomic E-state index is 4.48. The third kappa shape index (κ3) is 2.33. The van der Waals surface area contributed by atoms with Gasteiger partial charge < -0.3 is 0 Å². The van der Waals surface area contributed by atoms with Gasteiger partial charge in [0.2, 0.25) is 0 Å². The molecule has 1 atom stereocenters. The van der Waals surface area contributed by atoms with Crippen LogP contribution in [0.5, 0.6) is 0 Å². The summed E-state index contributed by atoms with van der Waals surface area (Å²) >= 11 is 1.89. The first-order valence-corrected chi connectivity index (χ1v) is 7.22. The van der Waals surface area contributed by atoms with Crippen molar-refractivity contribution in [3.05, 3.63) is 33.5 Å². The number of hydrogen-bond donors (Lipinski definition) is 1. The highest BCUT2D eigenvalue weighted by molar-refractivity contribution is 7.11. The van der Waals surface area contributed by atoms with Crippen LogP contribution in [0, 0.1) is 13.8 Å². The van der Waals surface area contributed by atoms with Gasteiger partial charge >= 0.3 is 0 Å². The first-order valence-electron chi connectivity index (χ1n) is 6.40. The first-order chi connectivity index (χ1) is 8.72. The molecule has 0 aliphatic carbocycles. The van der Waals surface area contributed by atoms with Crippen molar-refractivity contribution >= 4 is 11.3 Å². The maximum Gasteiger partial charge on any atom is 0.167 e. The van der Waals surface area contributed by atoms with Crippen molar-refractivity contribution in [2.24, 2.45) is 0 Å². The molecule has 0 radical (unpaired) electrons. The van der Waals surface area contributed by atoms with Gasteiger partial charge in [0, 0.05) is 16.3 Å². The molecule has 0 saturated carbocycles. The van der Waals surface area contributed by atoms with Crippen LogP contribution in [0.1, 0.15) is 40.3 Å². The van der Waals surface area contributed by atoms with Crippen LogP contribution < -0.4 is 0 Å². The molecule has 1 aliphatic heterocycles. The molecule has 18 heavy (non-hydrogen) atoms. The monoisotopic (exact) mass is 262 g/mol. The molecule has 0 amide bonds. The van der Waals surface area contributed by atoms with Crippen molar-refractivity contribution in [3.63, 3.8) is 0 Å². The molecule has 1 aliphatic rings. The second-order valence-corrected chi connectivity index (χ2v) is 6.29. The molecule has 96 valence electrons. The minimum absolute atomic E-state index is 0.386. The standard InChI is InChI=1S/C13H18N4S/c1-9-5-6-11(18-9)8-17-7-3-4-12(17)13-14-10(2)15-16-13/h5-6,12H,3-4,7-8H2,1-2H3,(H,14,15,16). The molecule has 1 unspecified atom stereocenters. The fraction of sp³-hybridized carbons (Fsp3) is 0.538. The van der Waals surface area contributed by atoms with Gasteiger partial charge in [0.15, 0.2) is 5.82 Å². The molecule has 0 bridgehead atoms. The molecule has 0 aromatic carbocycles. The lowest BCUT2D eigenvalue weighted by atomic mass is 10.2. The van der Waals surface area contributed by atoms with E-state index in [1.54, 1.807) is 0 Å². The summed E-state index contributed by atoms with van der Waals surface area (Å²) in [5.74, 6) is 1.86. The lowest BCUT2D eigenvalue weighted by Gasteiger charge is -2.21. The van der Waals surface area contributed by atoms with Gasteiger partial charge in [-0.1, -0.05) is 0 Å². The van der Waals surface area contributed by atoms with Crippen LogP contribution in [-0.4, -0.2) is 26.6 Å². The highest BCUT2D eigenvalue weighted by Crippen LogP contribution is 2.32. The third-order valence-electron chi connectivity index (χ3n) is 3.43. The van der Waals surface area contributed by atoms with Crippen molar-refractivity contribution in [3.8, 4) is 0 Å². The van der Waals surface area contributed by atoms with Crippen LogP contribution in [0.15, 0.2) is 12.1 Å². The number of thiophene rings is 1. The van der Waals surface area contributed by atoms with Crippen LogP contribution in [-0.2, 0) is 6.54 Å². The smallest absolute Gasteiger partial charge is 0.167 e. The van der Waals surface area contributed by atoms with Crippen molar-refractivity contribution in [2.45, 2.75) is 39.3 Å². The highest BCUT2D eigenvalue weighted by atomic mass is 32.1. The Labute approximate surface area is 111 Å². The summed E-state index contributed by atoms with van der Waals surface area (Å²) in [4.78, 5) is 9.80. The summed E-state index contributed by atoms with van der Waals surface area (Å²) in [6.07, 6.45) is 2.41. The van der Waals surface area contributed by atoms with Gasteiger partial charge in [-0.3, -0.25) is 10.00 Å². The second-order valence-electron chi connectivity index (χ2n) is 4.92. The van der Waals surface area contributed by atoms with E-state index in [-0.39, 0.29) is 0 Å². The molecule has 3 heterocycles. The lowest BCUT2D eigenvalue weighted by molar-refractivity contribution is 0.242. The summed E-state index contributed by atoms with van der Waals surface area (Å²) in [7, 11) is 0. The number of H-pyrrole nitrogens is 1. The average molecular weight is 262 g/mol. The minimum Gasteiger partial charge on any atom is -0.288 e. The first kappa shape index (κ1) is 11.9. The number of nitrogens with one attached hydrogen (secondary N) is 1. The highest BCUT2D eigenvalue weighted by Gasteiger charge is 2.29. The third-order valence-corrected chi connectivity index (χ3v) is 4.42. The number of aryl methyl sites for hydroxylation is 2. The van der Waals surface area contributed by atoms with Gasteiger partial charge in [-0.25, -0.2) is 4.98 Å². The molecule has 3 rings (SSSR count). The van der Waals surface area contributed by atoms with Crippen LogP contribution >= 0.6 is 11.3 Å². The SMILES string of the molecule is Cc1nc(C2CCCN2Cc2ccc(C)s2)n[nH]1. The second kappa shape index (κ2) is 4.82. The quantitative estimate of drug-likeness (QED) is 0.925. The molecular formula is C13H18N4S. The number of nitrogens with zero attached hydrogens (tertiary/aromatic N) is 3. The molecule has 2 aromatic rings. The molecule has 1 fully saturated rings. The number of aromatic amines is 1. The Morgan fingerprint density at radius 2 is 2.33 bits per heavy atom. The summed E-state index contributed by atoms with van der Waals surface area (Å²) in [6, 6.07) is 4.82. The number of rotatable bonds is 3. The minimum atomic E-state index is 0.386. The Bertz CT molecular complexity index is 531. The van der Waals surface area contributed by atoms with E-state index in [9.17, 15) is 0 Å². The van der Waals surface area contributed by atoms with Gasteiger partial charge in [0.05, 0.1) is 6.04 Å². The van der Waals surface area contributed by atoms with Gasteiger partial charge in [0.1, 0.15) is 5.82 Å². The van der Waals surface area contributed by atoms with E-state index in [0.717, 1.165) is 24.7 Å². The lowest BCUT2D eigenvalue weighted by Crippen LogP contribution is -2.23. The van der Waals surface area contributed by atoms with E-state index >= 15 is 0 Å². The van der Waals surface area contributed by atoms with E-state index in [2.05, 4.69) is 39.1 Å². The van der Waals surface area contributed by atoms with Crippen molar-refractivity contribution < 1.29 is 0 Å². The number of likely N-dealkylation sites (tertiary alicyclic amines) is 1. The van der Waals surface area contributed by atoms with E-state index in [1.807, 2.05) is 18.3 Å². The topological polar surface area (TPSA) is 44.8 Å². The largest absolute Gasteiger partial charge is 0.288 e. The number of hydrogen-bond acceptors (Lipinski definition) is 4. The normalized spacial score (nSPS) is 20.7. The van der Waals surface area contributed by atoms with Crippen LogP contribution in [0.4, 0.5) is 0 Å². The van der Waals surface area contributed by atoms with Gasteiger partial charge in [-0.2, -0.15) is 5.10 Å².